The van der Waals surface area contributed by atoms with Gasteiger partial charge in [-0.05, 0) is 18.2 Å². The highest BCUT2D eigenvalue weighted by atomic mass is 35.5. The van der Waals surface area contributed by atoms with E-state index < -0.39 is 7.82 Å². The zero-order valence-electron chi connectivity index (χ0n) is 15.3. The van der Waals surface area contributed by atoms with Crippen LogP contribution in [0.2, 0.25) is 0 Å². The fraction of sp³-hybridized carbons (Fsp3) is 0.143. The van der Waals surface area contributed by atoms with E-state index in [1.807, 2.05) is 18.2 Å². The number of phosphoric acid groups is 1. The Morgan fingerprint density at radius 3 is 1.10 bits per heavy atom. The van der Waals surface area contributed by atoms with Crippen molar-refractivity contribution in [3.63, 3.8) is 0 Å². The minimum atomic E-state index is -4.18. The van der Waals surface area contributed by atoms with Crippen LogP contribution in [0.1, 0.15) is 16.7 Å². The molecule has 0 aliphatic rings. The predicted octanol–water partition coefficient (Wildman–Crippen LogP) is 7.55. The van der Waals surface area contributed by atoms with E-state index in [2.05, 4.69) is 0 Å². The van der Waals surface area contributed by atoms with Crippen molar-refractivity contribution >= 4 is 42.6 Å². The Morgan fingerprint density at radius 1 is 0.552 bits per heavy atom. The van der Waals surface area contributed by atoms with Crippen LogP contribution in [0.15, 0.2) is 72.8 Å². The van der Waals surface area contributed by atoms with E-state index in [0.717, 1.165) is 0 Å². The van der Waals surface area contributed by atoms with Crippen LogP contribution < -0.4 is 13.6 Å². The molecular formula is C21H18Cl3O4P. The number of halogens is 3. The van der Waals surface area contributed by atoms with Crippen LogP contribution in [0.3, 0.4) is 0 Å². The highest BCUT2D eigenvalue weighted by Gasteiger charge is 2.35. The molecule has 0 fully saturated rings. The lowest BCUT2D eigenvalue weighted by Gasteiger charge is -2.22. The standard InChI is InChI=1S/C21H18Cl3O4P/c22-13-16-7-1-4-10-19(16)26-29(25,27-20-11-5-2-8-17(20)14-23)28-21-12-6-3-9-18(21)15-24/h1-12H,13-15H2. The van der Waals surface area contributed by atoms with Crippen molar-refractivity contribution in [3.8, 4) is 17.2 Å². The van der Waals surface area contributed by atoms with Crippen molar-refractivity contribution in [2.45, 2.75) is 17.6 Å². The van der Waals surface area contributed by atoms with Gasteiger partial charge in [-0.25, -0.2) is 0 Å². The van der Waals surface area contributed by atoms with Crippen molar-refractivity contribution < 1.29 is 18.1 Å². The molecule has 0 aliphatic carbocycles. The van der Waals surface area contributed by atoms with E-state index in [1.54, 1.807) is 54.6 Å². The maximum Gasteiger partial charge on any atom is 0.647 e. The van der Waals surface area contributed by atoms with Gasteiger partial charge in [0.2, 0.25) is 0 Å². The molecule has 0 saturated carbocycles. The summed E-state index contributed by atoms with van der Waals surface area (Å²) in [7, 11) is -4.18. The van der Waals surface area contributed by atoms with Gasteiger partial charge in [-0.2, -0.15) is 4.57 Å². The highest BCUT2D eigenvalue weighted by Crippen LogP contribution is 2.51. The molecule has 0 aliphatic heterocycles. The number of alkyl halides is 3. The highest BCUT2D eigenvalue weighted by molar-refractivity contribution is 7.49. The monoisotopic (exact) mass is 470 g/mol. The molecule has 8 heteroatoms. The Morgan fingerprint density at radius 2 is 0.828 bits per heavy atom. The van der Waals surface area contributed by atoms with E-state index in [-0.39, 0.29) is 17.6 Å². The first-order valence-electron chi connectivity index (χ1n) is 8.69. The number of benzene rings is 3. The Balaban J connectivity index is 2.01. The number of para-hydroxylation sites is 3. The topological polar surface area (TPSA) is 44.8 Å². The maximum absolute atomic E-state index is 13.7. The van der Waals surface area contributed by atoms with Gasteiger partial charge < -0.3 is 13.6 Å². The van der Waals surface area contributed by atoms with Crippen LogP contribution >= 0.6 is 42.6 Å². The molecule has 29 heavy (non-hydrogen) atoms. The first kappa shape index (κ1) is 21.9. The molecule has 0 amide bonds. The predicted molar refractivity (Wildman–Crippen MR) is 117 cm³/mol. The Labute approximate surface area is 184 Å². The van der Waals surface area contributed by atoms with Gasteiger partial charge in [0, 0.05) is 16.7 Å². The lowest BCUT2D eigenvalue weighted by Crippen LogP contribution is -2.10. The summed E-state index contributed by atoms with van der Waals surface area (Å²) in [6, 6.07) is 20.9. The summed E-state index contributed by atoms with van der Waals surface area (Å²) in [6.45, 7) is 0. The smallest absolute Gasteiger partial charge is 0.386 e. The van der Waals surface area contributed by atoms with Gasteiger partial charge >= 0.3 is 7.82 Å². The van der Waals surface area contributed by atoms with Gasteiger partial charge in [-0.15, -0.1) is 34.8 Å². The molecule has 0 spiro atoms. The summed E-state index contributed by atoms with van der Waals surface area (Å²) in [5, 5.41) is 0. The lowest BCUT2D eigenvalue weighted by atomic mass is 10.2. The van der Waals surface area contributed by atoms with E-state index >= 15 is 0 Å². The van der Waals surface area contributed by atoms with Gasteiger partial charge in [0.05, 0.1) is 17.6 Å². The van der Waals surface area contributed by atoms with Crippen LogP contribution in [0.4, 0.5) is 0 Å². The second kappa shape index (κ2) is 10.3. The molecule has 0 unspecified atom stereocenters. The van der Waals surface area contributed by atoms with Crippen LogP contribution in [-0.4, -0.2) is 0 Å². The largest absolute Gasteiger partial charge is 0.647 e. The van der Waals surface area contributed by atoms with E-state index in [4.69, 9.17) is 48.4 Å². The Kier molecular flexibility index (Phi) is 7.74. The lowest BCUT2D eigenvalue weighted by molar-refractivity contribution is 0.296. The molecule has 3 rings (SSSR count). The number of hydrogen-bond donors (Lipinski definition) is 0. The molecule has 0 radical (unpaired) electrons. The summed E-state index contributed by atoms with van der Waals surface area (Å²) in [6.07, 6.45) is 0. The second-order valence-corrected chi connectivity index (χ2v) is 8.19. The third-order valence-corrected chi connectivity index (χ3v) is 6.10. The van der Waals surface area contributed by atoms with Gasteiger partial charge in [0.25, 0.3) is 0 Å². The molecule has 0 N–H and O–H groups in total. The maximum atomic E-state index is 13.7. The van der Waals surface area contributed by atoms with E-state index in [1.165, 1.54) is 0 Å². The fourth-order valence-electron chi connectivity index (χ4n) is 2.53. The SMILES string of the molecule is O=P(Oc1ccccc1CCl)(Oc1ccccc1CCl)Oc1ccccc1CCl. The van der Waals surface area contributed by atoms with Gasteiger partial charge in [0.15, 0.2) is 0 Å². The van der Waals surface area contributed by atoms with Gasteiger partial charge in [-0.3, -0.25) is 0 Å². The zero-order chi connectivity index (χ0) is 20.7. The quantitative estimate of drug-likeness (QED) is 0.239. The summed E-state index contributed by atoms with van der Waals surface area (Å²) >= 11 is 18.0. The third-order valence-electron chi connectivity index (χ3n) is 3.98. The number of phosphoric ester groups is 1. The molecule has 0 atom stereocenters. The molecular weight excluding hydrogens is 454 g/mol. The second-order valence-electron chi connectivity index (χ2n) is 5.95. The van der Waals surface area contributed by atoms with E-state index in [0.29, 0.717) is 33.9 Å². The van der Waals surface area contributed by atoms with Crippen molar-refractivity contribution in [3.05, 3.63) is 89.5 Å². The Hall–Kier alpha value is -1.84. The number of hydrogen-bond acceptors (Lipinski definition) is 4. The van der Waals surface area contributed by atoms with Crippen LogP contribution in [-0.2, 0) is 22.2 Å². The first-order valence-corrected chi connectivity index (χ1v) is 11.8. The molecule has 0 aromatic heterocycles. The molecule has 152 valence electrons. The van der Waals surface area contributed by atoms with Crippen LogP contribution in [0.25, 0.3) is 0 Å². The van der Waals surface area contributed by atoms with E-state index in [9.17, 15) is 4.57 Å². The molecule has 4 nitrogen and oxygen atoms in total. The normalized spacial score (nSPS) is 11.1. The van der Waals surface area contributed by atoms with Crippen molar-refractivity contribution in [1.29, 1.82) is 0 Å². The first-order chi connectivity index (χ1) is 14.1. The van der Waals surface area contributed by atoms with Crippen LogP contribution in [0, 0.1) is 0 Å². The molecule has 0 bridgehead atoms. The zero-order valence-corrected chi connectivity index (χ0v) is 18.4. The fourth-order valence-corrected chi connectivity index (χ4v) is 4.56. The Bertz CT molecular complexity index is 885. The van der Waals surface area contributed by atoms with Gasteiger partial charge in [-0.1, -0.05) is 54.6 Å². The minimum absolute atomic E-state index is 0.173. The summed E-state index contributed by atoms with van der Waals surface area (Å²) in [5.74, 6) is 1.43. The molecule has 0 heterocycles. The number of rotatable bonds is 9. The van der Waals surface area contributed by atoms with Crippen molar-refractivity contribution in [2.24, 2.45) is 0 Å². The van der Waals surface area contributed by atoms with Gasteiger partial charge in [0.1, 0.15) is 17.2 Å². The molecule has 0 saturated heterocycles. The van der Waals surface area contributed by atoms with Crippen molar-refractivity contribution in [2.75, 3.05) is 0 Å². The summed E-state index contributed by atoms with van der Waals surface area (Å²) < 4.78 is 31.0. The molecule has 3 aromatic rings. The minimum Gasteiger partial charge on any atom is -0.386 e. The molecule has 3 aromatic carbocycles. The van der Waals surface area contributed by atoms with Crippen molar-refractivity contribution in [1.82, 2.24) is 0 Å². The summed E-state index contributed by atoms with van der Waals surface area (Å²) in [4.78, 5) is 0. The third kappa shape index (κ3) is 5.61. The van der Waals surface area contributed by atoms with Crippen LogP contribution in [0.5, 0.6) is 17.2 Å². The average Bonchev–Trinajstić information content (AvgIpc) is 2.74. The average molecular weight is 472 g/mol. The summed E-state index contributed by atoms with van der Waals surface area (Å²) in [5.41, 5.74) is 1.95.